The van der Waals surface area contributed by atoms with Crippen LogP contribution in [0.4, 0.5) is 11.6 Å². The fraction of sp³-hybridized carbons (Fsp3) is 0.368. The van der Waals surface area contributed by atoms with Gasteiger partial charge in [0.25, 0.3) is 11.8 Å². The number of anilines is 1. The normalized spacial score (nSPS) is 14.3. The average Bonchev–Trinajstić information content (AvgIpc) is 3.23. The Morgan fingerprint density at radius 3 is 2.66 bits per heavy atom. The van der Waals surface area contributed by atoms with Crippen LogP contribution < -0.4 is 10.6 Å². The smallest absolute Gasteiger partial charge is 0.395 e. The zero-order valence-electron chi connectivity index (χ0n) is 15.8. The third-order valence-electron chi connectivity index (χ3n) is 4.42. The number of ether oxygens (including phenoxy) is 1. The van der Waals surface area contributed by atoms with E-state index in [1.807, 2.05) is 0 Å². The number of hydrogen-bond acceptors (Lipinski definition) is 7. The zero-order chi connectivity index (χ0) is 20.6. The molecule has 1 saturated heterocycles. The van der Waals surface area contributed by atoms with Gasteiger partial charge >= 0.3 is 5.88 Å². The van der Waals surface area contributed by atoms with Crippen LogP contribution in [0.15, 0.2) is 40.8 Å². The molecule has 1 aliphatic heterocycles. The van der Waals surface area contributed by atoms with Gasteiger partial charge in [-0.1, -0.05) is 6.07 Å². The number of hydrogen-bond donors (Lipinski definition) is 2. The van der Waals surface area contributed by atoms with E-state index < -0.39 is 16.7 Å². The maximum Gasteiger partial charge on any atom is 0.433 e. The van der Waals surface area contributed by atoms with Crippen LogP contribution in [0.2, 0.25) is 0 Å². The molecule has 2 heterocycles. The van der Waals surface area contributed by atoms with Crippen molar-refractivity contribution >= 4 is 23.4 Å². The Hall–Kier alpha value is -3.24. The highest BCUT2D eigenvalue weighted by molar-refractivity contribution is 6.03. The molecule has 0 atom stereocenters. The number of furan rings is 1. The van der Waals surface area contributed by atoms with Gasteiger partial charge in [-0.15, -0.1) is 0 Å². The molecule has 1 aromatic carbocycles. The van der Waals surface area contributed by atoms with Crippen LogP contribution in [-0.2, 0) is 4.74 Å². The Kier molecular flexibility index (Phi) is 6.93. The van der Waals surface area contributed by atoms with Gasteiger partial charge in [0.05, 0.1) is 19.3 Å². The fourth-order valence-corrected chi connectivity index (χ4v) is 2.91. The van der Waals surface area contributed by atoms with Crippen molar-refractivity contribution < 1.29 is 23.7 Å². The first kappa shape index (κ1) is 20.5. The highest BCUT2D eigenvalue weighted by atomic mass is 16.6. The maximum atomic E-state index is 12.3. The number of morpholine rings is 1. The van der Waals surface area contributed by atoms with Crippen LogP contribution in [0.3, 0.4) is 0 Å². The summed E-state index contributed by atoms with van der Waals surface area (Å²) >= 11 is 0. The Morgan fingerprint density at radius 1 is 1.14 bits per heavy atom. The fourth-order valence-electron chi connectivity index (χ4n) is 2.91. The van der Waals surface area contributed by atoms with E-state index in [0.29, 0.717) is 17.8 Å². The van der Waals surface area contributed by atoms with E-state index in [0.717, 1.165) is 45.3 Å². The van der Waals surface area contributed by atoms with Crippen LogP contribution in [-0.4, -0.2) is 61.0 Å². The topological polar surface area (TPSA) is 127 Å². The first-order chi connectivity index (χ1) is 14.0. The van der Waals surface area contributed by atoms with Crippen molar-refractivity contribution in [2.45, 2.75) is 6.42 Å². The van der Waals surface area contributed by atoms with Crippen molar-refractivity contribution in [3.05, 3.63) is 57.8 Å². The summed E-state index contributed by atoms with van der Waals surface area (Å²) in [6.07, 6.45) is 0.833. The molecule has 29 heavy (non-hydrogen) atoms. The van der Waals surface area contributed by atoms with Crippen LogP contribution in [0.25, 0.3) is 0 Å². The van der Waals surface area contributed by atoms with Gasteiger partial charge in [-0.25, -0.2) is 0 Å². The van der Waals surface area contributed by atoms with Crippen LogP contribution in [0.5, 0.6) is 0 Å². The Balaban J connectivity index is 1.49. The number of carbonyl (C=O) groups is 2. The summed E-state index contributed by atoms with van der Waals surface area (Å²) in [6.45, 7) is 4.76. The van der Waals surface area contributed by atoms with Crippen molar-refractivity contribution in [2.24, 2.45) is 0 Å². The molecule has 1 fully saturated rings. The monoisotopic (exact) mass is 402 g/mol. The van der Waals surface area contributed by atoms with Gasteiger partial charge in [0, 0.05) is 30.9 Å². The molecule has 2 aromatic rings. The molecule has 0 aliphatic carbocycles. The van der Waals surface area contributed by atoms with Crippen LogP contribution in [0.1, 0.15) is 27.3 Å². The van der Waals surface area contributed by atoms with E-state index in [1.54, 1.807) is 18.2 Å². The molecule has 154 valence electrons. The van der Waals surface area contributed by atoms with Crippen LogP contribution in [0, 0.1) is 10.1 Å². The first-order valence-corrected chi connectivity index (χ1v) is 9.27. The number of nitro groups is 1. The van der Waals surface area contributed by atoms with Crippen LogP contribution >= 0.6 is 0 Å². The van der Waals surface area contributed by atoms with Crippen molar-refractivity contribution in [2.75, 3.05) is 44.7 Å². The minimum absolute atomic E-state index is 0.185. The molecule has 2 N–H and O–H groups in total. The van der Waals surface area contributed by atoms with Gasteiger partial charge in [0.1, 0.15) is 4.92 Å². The molecular formula is C19H22N4O6. The molecule has 1 aromatic heterocycles. The lowest BCUT2D eigenvalue weighted by molar-refractivity contribution is -0.402. The second-order valence-corrected chi connectivity index (χ2v) is 6.49. The lowest BCUT2D eigenvalue weighted by Gasteiger charge is -2.26. The van der Waals surface area contributed by atoms with Gasteiger partial charge in [-0.2, -0.15) is 0 Å². The third kappa shape index (κ3) is 5.87. The van der Waals surface area contributed by atoms with E-state index in [1.165, 1.54) is 12.1 Å². The van der Waals surface area contributed by atoms with Gasteiger partial charge in [-0.05, 0) is 37.2 Å². The number of benzene rings is 1. The molecule has 10 heteroatoms. The first-order valence-electron chi connectivity index (χ1n) is 9.27. The SMILES string of the molecule is O=C(NCCCN1CCOCC1)c1cccc(NC(=O)c2ccc([N+](=O)[O-])o2)c1. The minimum Gasteiger partial charge on any atom is -0.395 e. The predicted octanol–water partition coefficient (Wildman–Crippen LogP) is 1.89. The number of amides is 2. The predicted molar refractivity (Wildman–Crippen MR) is 104 cm³/mol. The third-order valence-corrected chi connectivity index (χ3v) is 4.42. The summed E-state index contributed by atoms with van der Waals surface area (Å²) in [5, 5.41) is 16.1. The number of nitrogens with zero attached hydrogens (tertiary/aromatic N) is 2. The van der Waals surface area contributed by atoms with E-state index in [-0.39, 0.29) is 11.7 Å². The molecule has 3 rings (SSSR count). The van der Waals surface area contributed by atoms with E-state index in [2.05, 4.69) is 15.5 Å². The molecule has 1 aliphatic rings. The molecule has 0 saturated carbocycles. The van der Waals surface area contributed by atoms with E-state index in [4.69, 9.17) is 9.15 Å². The number of nitrogens with one attached hydrogen (secondary N) is 2. The molecular weight excluding hydrogens is 380 g/mol. The Labute approximate surface area is 167 Å². The molecule has 0 spiro atoms. The number of carbonyl (C=O) groups excluding carboxylic acids is 2. The Bertz CT molecular complexity index is 875. The average molecular weight is 402 g/mol. The van der Waals surface area contributed by atoms with Crippen molar-refractivity contribution in [1.82, 2.24) is 10.2 Å². The summed E-state index contributed by atoms with van der Waals surface area (Å²) in [4.78, 5) is 36.7. The highest BCUT2D eigenvalue weighted by Gasteiger charge is 2.18. The molecule has 0 radical (unpaired) electrons. The molecule has 10 nitrogen and oxygen atoms in total. The molecule has 0 bridgehead atoms. The van der Waals surface area contributed by atoms with Gasteiger partial charge in [0.2, 0.25) is 0 Å². The van der Waals surface area contributed by atoms with E-state index in [9.17, 15) is 19.7 Å². The molecule has 0 unspecified atom stereocenters. The van der Waals surface area contributed by atoms with Gasteiger partial charge in [0.15, 0.2) is 5.76 Å². The van der Waals surface area contributed by atoms with E-state index >= 15 is 0 Å². The standard InChI is InChI=1S/C19H22N4O6/c24-18(20-7-2-8-22-9-11-28-12-10-22)14-3-1-4-15(13-14)21-19(25)16-5-6-17(29-16)23(26)27/h1,3-6,13H,2,7-12H2,(H,20,24)(H,21,25). The van der Waals surface area contributed by atoms with Crippen molar-refractivity contribution in [3.8, 4) is 0 Å². The summed E-state index contributed by atoms with van der Waals surface area (Å²) < 4.78 is 10.2. The largest absolute Gasteiger partial charge is 0.433 e. The Morgan fingerprint density at radius 2 is 1.93 bits per heavy atom. The summed E-state index contributed by atoms with van der Waals surface area (Å²) in [7, 11) is 0. The van der Waals surface area contributed by atoms with Gasteiger partial charge in [-0.3, -0.25) is 24.6 Å². The van der Waals surface area contributed by atoms with Gasteiger partial charge < -0.3 is 19.8 Å². The zero-order valence-corrected chi connectivity index (χ0v) is 15.8. The van der Waals surface area contributed by atoms with Crippen molar-refractivity contribution in [1.29, 1.82) is 0 Å². The second kappa shape index (κ2) is 9.80. The molecule has 2 amide bonds. The quantitative estimate of drug-likeness (QED) is 0.392. The summed E-state index contributed by atoms with van der Waals surface area (Å²) in [5.41, 5.74) is 0.787. The second-order valence-electron chi connectivity index (χ2n) is 6.49. The maximum absolute atomic E-state index is 12.3. The lowest BCUT2D eigenvalue weighted by atomic mass is 10.2. The summed E-state index contributed by atoms with van der Waals surface area (Å²) in [5.74, 6) is -1.58. The highest BCUT2D eigenvalue weighted by Crippen LogP contribution is 2.18. The van der Waals surface area contributed by atoms with Crippen molar-refractivity contribution in [3.63, 3.8) is 0 Å². The minimum atomic E-state index is -0.721. The number of rotatable bonds is 8. The lowest BCUT2D eigenvalue weighted by Crippen LogP contribution is -2.38. The summed E-state index contributed by atoms with van der Waals surface area (Å²) in [6, 6.07) is 8.76.